The van der Waals surface area contributed by atoms with Crippen LogP contribution in [0.1, 0.15) is 59.3 Å². The quantitative estimate of drug-likeness (QED) is 0.730. The Balaban J connectivity index is 2.36. The van der Waals surface area contributed by atoms with Crippen LogP contribution < -0.4 is 5.73 Å². The second-order valence-corrected chi connectivity index (χ2v) is 6.32. The molecule has 0 aromatic heterocycles. The molecule has 1 aliphatic heterocycles. The topological polar surface area (TPSA) is 55.6 Å². The fourth-order valence-electron chi connectivity index (χ4n) is 2.93. The number of carbonyl (C=O) groups is 1. The molecule has 118 valence electrons. The lowest BCUT2D eigenvalue weighted by atomic mass is 9.96. The summed E-state index contributed by atoms with van der Waals surface area (Å²) in [5.74, 6) is 0.609. The zero-order valence-corrected chi connectivity index (χ0v) is 13.5. The highest BCUT2D eigenvalue weighted by atomic mass is 16.5. The molecule has 0 saturated carbocycles. The van der Waals surface area contributed by atoms with Gasteiger partial charge in [0.15, 0.2) is 0 Å². The minimum Gasteiger partial charge on any atom is -0.465 e. The molecule has 2 N–H and O–H groups in total. The Bertz CT molecular complexity index is 292. The first-order valence-electron chi connectivity index (χ1n) is 8.18. The number of rotatable bonds is 7. The van der Waals surface area contributed by atoms with Gasteiger partial charge in [-0.05, 0) is 58.5 Å². The fourth-order valence-corrected chi connectivity index (χ4v) is 2.93. The zero-order chi connectivity index (χ0) is 15.0. The van der Waals surface area contributed by atoms with E-state index >= 15 is 0 Å². The molecule has 1 saturated heterocycles. The van der Waals surface area contributed by atoms with Gasteiger partial charge >= 0.3 is 5.97 Å². The van der Waals surface area contributed by atoms with Gasteiger partial charge in [-0.3, -0.25) is 4.79 Å². The van der Waals surface area contributed by atoms with Gasteiger partial charge < -0.3 is 15.4 Å². The third-order valence-electron chi connectivity index (χ3n) is 4.33. The predicted octanol–water partition coefficient (Wildman–Crippen LogP) is 2.56. The standard InChI is InChI=1S/C16H32N2O2/c1-4-7-14-8-6-11-18(12-9-14)13-10-16(3,17)15(19)20-5-2/h14H,4-13,17H2,1-3H3. The van der Waals surface area contributed by atoms with Crippen LogP contribution in [0.2, 0.25) is 0 Å². The first-order valence-corrected chi connectivity index (χ1v) is 8.18. The van der Waals surface area contributed by atoms with Gasteiger partial charge in [-0.15, -0.1) is 0 Å². The van der Waals surface area contributed by atoms with Crippen molar-refractivity contribution in [2.24, 2.45) is 11.7 Å². The Hall–Kier alpha value is -0.610. The van der Waals surface area contributed by atoms with Crippen LogP contribution in [0.15, 0.2) is 0 Å². The zero-order valence-electron chi connectivity index (χ0n) is 13.5. The maximum atomic E-state index is 11.8. The lowest BCUT2D eigenvalue weighted by Gasteiger charge is -2.27. The Morgan fingerprint density at radius 1 is 1.35 bits per heavy atom. The van der Waals surface area contributed by atoms with Crippen LogP contribution in [0.4, 0.5) is 0 Å². The molecule has 2 atom stereocenters. The molecule has 4 nitrogen and oxygen atoms in total. The number of nitrogens with zero attached hydrogens (tertiary/aromatic N) is 1. The second-order valence-electron chi connectivity index (χ2n) is 6.32. The average Bonchev–Trinajstić information content (AvgIpc) is 2.63. The van der Waals surface area contributed by atoms with Gasteiger partial charge in [-0.1, -0.05) is 19.8 Å². The molecule has 0 spiro atoms. The number of likely N-dealkylation sites (tertiary alicyclic amines) is 1. The van der Waals surface area contributed by atoms with E-state index in [0.29, 0.717) is 13.0 Å². The number of ether oxygens (including phenoxy) is 1. The van der Waals surface area contributed by atoms with Crippen LogP contribution in [0.3, 0.4) is 0 Å². The normalized spacial score (nSPS) is 23.9. The van der Waals surface area contributed by atoms with Crippen molar-refractivity contribution in [3.05, 3.63) is 0 Å². The van der Waals surface area contributed by atoms with E-state index in [1.165, 1.54) is 32.1 Å². The molecule has 0 amide bonds. The number of esters is 1. The SMILES string of the molecule is CCCC1CCCN(CCC(C)(N)C(=O)OCC)CC1. The molecule has 1 heterocycles. The molecule has 0 aliphatic carbocycles. The van der Waals surface area contributed by atoms with E-state index in [-0.39, 0.29) is 5.97 Å². The lowest BCUT2D eigenvalue weighted by Crippen LogP contribution is -2.48. The molecule has 0 aromatic carbocycles. The summed E-state index contributed by atoms with van der Waals surface area (Å²) < 4.78 is 5.04. The molecule has 1 fully saturated rings. The summed E-state index contributed by atoms with van der Waals surface area (Å²) >= 11 is 0. The van der Waals surface area contributed by atoms with Crippen molar-refractivity contribution in [2.75, 3.05) is 26.2 Å². The van der Waals surface area contributed by atoms with E-state index < -0.39 is 5.54 Å². The van der Waals surface area contributed by atoms with Crippen LogP contribution in [-0.4, -0.2) is 42.6 Å². The van der Waals surface area contributed by atoms with Crippen LogP contribution in [0, 0.1) is 5.92 Å². The van der Waals surface area contributed by atoms with Gasteiger partial charge in [0, 0.05) is 6.54 Å². The molecule has 0 radical (unpaired) electrons. The smallest absolute Gasteiger partial charge is 0.325 e. The molecule has 0 bridgehead atoms. The first kappa shape index (κ1) is 17.4. The minimum atomic E-state index is -0.856. The van der Waals surface area contributed by atoms with E-state index in [1.54, 1.807) is 6.92 Å². The van der Waals surface area contributed by atoms with Gasteiger partial charge in [0.05, 0.1) is 6.61 Å². The molecule has 1 rings (SSSR count). The number of hydrogen-bond acceptors (Lipinski definition) is 4. The summed E-state index contributed by atoms with van der Waals surface area (Å²) in [6.45, 7) is 9.43. The number of hydrogen-bond donors (Lipinski definition) is 1. The Morgan fingerprint density at radius 2 is 2.10 bits per heavy atom. The molecule has 0 aromatic rings. The molecule has 20 heavy (non-hydrogen) atoms. The number of nitrogens with two attached hydrogens (primary N) is 1. The molecular formula is C16H32N2O2. The monoisotopic (exact) mass is 284 g/mol. The lowest BCUT2D eigenvalue weighted by molar-refractivity contribution is -0.149. The van der Waals surface area contributed by atoms with Gasteiger partial charge in [0.2, 0.25) is 0 Å². The highest BCUT2D eigenvalue weighted by Gasteiger charge is 2.30. The minimum absolute atomic E-state index is 0.279. The summed E-state index contributed by atoms with van der Waals surface area (Å²) in [7, 11) is 0. The summed E-state index contributed by atoms with van der Waals surface area (Å²) in [5.41, 5.74) is 5.22. The Kier molecular flexibility index (Phi) is 7.52. The van der Waals surface area contributed by atoms with Crippen molar-refractivity contribution in [1.82, 2.24) is 4.90 Å². The predicted molar refractivity (Wildman–Crippen MR) is 82.5 cm³/mol. The Labute approximate surface area is 124 Å². The van der Waals surface area contributed by atoms with Crippen LogP contribution in [-0.2, 0) is 9.53 Å². The Morgan fingerprint density at radius 3 is 2.75 bits per heavy atom. The molecule has 4 heteroatoms. The van der Waals surface area contributed by atoms with Gasteiger partial charge in [0.1, 0.15) is 5.54 Å². The van der Waals surface area contributed by atoms with Gasteiger partial charge in [0.25, 0.3) is 0 Å². The van der Waals surface area contributed by atoms with E-state index in [2.05, 4.69) is 11.8 Å². The molecule has 1 aliphatic rings. The van der Waals surface area contributed by atoms with Gasteiger partial charge in [-0.25, -0.2) is 0 Å². The van der Waals surface area contributed by atoms with E-state index in [1.807, 2.05) is 6.92 Å². The van der Waals surface area contributed by atoms with Crippen molar-refractivity contribution in [3.63, 3.8) is 0 Å². The molecule has 2 unspecified atom stereocenters. The van der Waals surface area contributed by atoms with E-state index in [4.69, 9.17) is 10.5 Å². The third-order valence-corrected chi connectivity index (χ3v) is 4.33. The third kappa shape index (κ3) is 5.80. The van der Waals surface area contributed by atoms with Crippen LogP contribution in [0.25, 0.3) is 0 Å². The first-order chi connectivity index (χ1) is 9.49. The summed E-state index contributed by atoms with van der Waals surface area (Å²) in [4.78, 5) is 14.2. The molecular weight excluding hydrogens is 252 g/mol. The van der Waals surface area contributed by atoms with Crippen molar-refractivity contribution in [3.8, 4) is 0 Å². The van der Waals surface area contributed by atoms with Crippen LogP contribution in [0.5, 0.6) is 0 Å². The highest BCUT2D eigenvalue weighted by molar-refractivity contribution is 5.79. The maximum Gasteiger partial charge on any atom is 0.325 e. The van der Waals surface area contributed by atoms with E-state index in [9.17, 15) is 4.79 Å². The fraction of sp³-hybridized carbons (Fsp3) is 0.938. The van der Waals surface area contributed by atoms with Crippen molar-refractivity contribution < 1.29 is 9.53 Å². The van der Waals surface area contributed by atoms with Crippen molar-refractivity contribution in [1.29, 1.82) is 0 Å². The van der Waals surface area contributed by atoms with Crippen molar-refractivity contribution in [2.45, 2.75) is 64.8 Å². The number of carbonyl (C=O) groups excluding carboxylic acids is 1. The largest absolute Gasteiger partial charge is 0.465 e. The van der Waals surface area contributed by atoms with Crippen LogP contribution >= 0.6 is 0 Å². The van der Waals surface area contributed by atoms with Gasteiger partial charge in [-0.2, -0.15) is 0 Å². The highest BCUT2D eigenvalue weighted by Crippen LogP contribution is 2.22. The second kappa shape index (κ2) is 8.63. The summed E-state index contributed by atoms with van der Waals surface area (Å²) in [6.07, 6.45) is 7.21. The summed E-state index contributed by atoms with van der Waals surface area (Å²) in [5, 5.41) is 0. The maximum absolute atomic E-state index is 11.8. The van der Waals surface area contributed by atoms with Crippen molar-refractivity contribution >= 4 is 5.97 Å². The average molecular weight is 284 g/mol. The summed E-state index contributed by atoms with van der Waals surface area (Å²) in [6, 6.07) is 0. The van der Waals surface area contributed by atoms with E-state index in [0.717, 1.165) is 25.6 Å².